The van der Waals surface area contributed by atoms with Crippen LogP contribution in [-0.4, -0.2) is 54.3 Å². The fourth-order valence-corrected chi connectivity index (χ4v) is 4.21. The Labute approximate surface area is 169 Å². The number of fused-ring (bicyclic) bond motifs is 1. The summed E-state index contributed by atoms with van der Waals surface area (Å²) in [5.41, 5.74) is 1.47. The molecule has 29 heavy (non-hydrogen) atoms. The number of carboxylic acids is 1. The highest BCUT2D eigenvalue weighted by Crippen LogP contribution is 2.37. The van der Waals surface area contributed by atoms with Crippen molar-refractivity contribution in [2.75, 3.05) is 26.3 Å². The number of carbonyl (C=O) groups is 2. The van der Waals surface area contributed by atoms with Gasteiger partial charge in [0.15, 0.2) is 6.61 Å². The Morgan fingerprint density at radius 3 is 2.76 bits per heavy atom. The van der Waals surface area contributed by atoms with E-state index < -0.39 is 11.5 Å². The number of benzene rings is 2. The number of morpholine rings is 1. The highest BCUT2D eigenvalue weighted by molar-refractivity contribution is 5.79. The summed E-state index contributed by atoms with van der Waals surface area (Å²) in [7, 11) is 0. The molecule has 1 amide bonds. The van der Waals surface area contributed by atoms with Crippen LogP contribution in [0.1, 0.15) is 17.5 Å². The molecule has 2 N–H and O–H groups in total. The molecule has 0 saturated carbocycles. The number of hydrogen-bond acceptors (Lipinski definition) is 5. The maximum atomic E-state index is 12.1. The van der Waals surface area contributed by atoms with Gasteiger partial charge >= 0.3 is 5.97 Å². The number of nitrogens with one attached hydrogen (secondary N) is 1. The molecular formula is C22H24N2O5. The minimum atomic E-state index is -1.00. The first-order chi connectivity index (χ1) is 14.1. The smallest absolute Gasteiger partial charge is 0.341 e. The SMILES string of the molecule is O=C(O)COc1ccccc1CN1CC[C@@]2(c3ccccc3)NC(=O)CO[C@@H]2C1. The summed E-state index contributed by atoms with van der Waals surface area (Å²) < 4.78 is 11.4. The van der Waals surface area contributed by atoms with E-state index in [-0.39, 0.29) is 25.2 Å². The van der Waals surface area contributed by atoms with Gasteiger partial charge in [0.05, 0.1) is 11.6 Å². The molecule has 0 bridgehead atoms. The quantitative estimate of drug-likeness (QED) is 0.774. The molecule has 7 heteroatoms. The fourth-order valence-electron chi connectivity index (χ4n) is 4.21. The average Bonchev–Trinajstić information content (AvgIpc) is 2.74. The minimum absolute atomic E-state index is 0.0609. The van der Waals surface area contributed by atoms with E-state index in [9.17, 15) is 9.59 Å². The average molecular weight is 396 g/mol. The van der Waals surface area contributed by atoms with Gasteiger partial charge < -0.3 is 19.9 Å². The number of amides is 1. The molecule has 2 atom stereocenters. The lowest BCUT2D eigenvalue weighted by Gasteiger charge is -2.50. The molecule has 2 fully saturated rings. The fraction of sp³-hybridized carbons (Fsp3) is 0.364. The van der Waals surface area contributed by atoms with Crippen LogP contribution in [0.5, 0.6) is 5.75 Å². The number of hydrogen-bond donors (Lipinski definition) is 2. The van der Waals surface area contributed by atoms with Crippen LogP contribution in [0.4, 0.5) is 0 Å². The van der Waals surface area contributed by atoms with Gasteiger partial charge in [-0.15, -0.1) is 0 Å². The van der Waals surface area contributed by atoms with Gasteiger partial charge in [0, 0.05) is 25.2 Å². The number of carboxylic acid groups (broad SMARTS) is 1. The van der Waals surface area contributed by atoms with Crippen molar-refractivity contribution in [3.63, 3.8) is 0 Å². The van der Waals surface area contributed by atoms with E-state index in [1.165, 1.54) is 0 Å². The highest BCUT2D eigenvalue weighted by Gasteiger charge is 2.48. The molecule has 2 saturated heterocycles. The van der Waals surface area contributed by atoms with Crippen molar-refractivity contribution in [2.45, 2.75) is 24.6 Å². The number of likely N-dealkylation sites (tertiary alicyclic amines) is 1. The largest absolute Gasteiger partial charge is 0.482 e. The molecule has 2 aliphatic rings. The molecule has 0 spiro atoms. The number of piperidine rings is 1. The molecule has 2 aromatic rings. The van der Waals surface area contributed by atoms with Gasteiger partial charge in [0.25, 0.3) is 0 Å². The standard InChI is InChI=1S/C22H24N2O5/c25-20-14-29-19-13-24(11-10-22(19,23-20)17-7-2-1-3-8-17)12-16-6-4-5-9-18(16)28-15-21(26)27/h1-9,19H,10-15H2,(H,23,25)(H,26,27)/t19-,22+/m1/s1. The third kappa shape index (κ3) is 4.11. The van der Waals surface area contributed by atoms with Crippen LogP contribution >= 0.6 is 0 Å². The molecule has 0 aromatic heterocycles. The topological polar surface area (TPSA) is 88.1 Å². The van der Waals surface area contributed by atoms with E-state index >= 15 is 0 Å². The van der Waals surface area contributed by atoms with E-state index in [0.717, 1.165) is 24.1 Å². The Morgan fingerprint density at radius 1 is 1.21 bits per heavy atom. The van der Waals surface area contributed by atoms with Crippen LogP contribution in [0.2, 0.25) is 0 Å². The maximum Gasteiger partial charge on any atom is 0.341 e. The van der Waals surface area contributed by atoms with Crippen molar-refractivity contribution in [2.24, 2.45) is 0 Å². The predicted octanol–water partition coefficient (Wildman–Crippen LogP) is 1.77. The second-order valence-corrected chi connectivity index (χ2v) is 7.46. The molecular weight excluding hydrogens is 372 g/mol. The van der Waals surface area contributed by atoms with Crippen LogP contribution in [0, 0.1) is 0 Å². The zero-order valence-electron chi connectivity index (χ0n) is 16.0. The normalized spacial score (nSPS) is 24.4. The molecule has 2 aliphatic heterocycles. The zero-order chi connectivity index (χ0) is 20.3. The van der Waals surface area contributed by atoms with Crippen molar-refractivity contribution >= 4 is 11.9 Å². The van der Waals surface area contributed by atoms with Crippen molar-refractivity contribution < 1.29 is 24.2 Å². The third-order valence-electron chi connectivity index (χ3n) is 5.58. The number of carbonyl (C=O) groups excluding carboxylic acids is 1. The van der Waals surface area contributed by atoms with E-state index in [0.29, 0.717) is 18.8 Å². The van der Waals surface area contributed by atoms with Crippen LogP contribution < -0.4 is 10.1 Å². The van der Waals surface area contributed by atoms with Gasteiger partial charge in [-0.25, -0.2) is 4.79 Å². The van der Waals surface area contributed by atoms with Crippen molar-refractivity contribution in [1.82, 2.24) is 10.2 Å². The van der Waals surface area contributed by atoms with Gasteiger partial charge in [0.2, 0.25) is 5.91 Å². The van der Waals surface area contributed by atoms with E-state index in [2.05, 4.69) is 10.2 Å². The number of rotatable bonds is 6. The van der Waals surface area contributed by atoms with Crippen LogP contribution in [0.3, 0.4) is 0 Å². The Hall–Kier alpha value is -2.90. The van der Waals surface area contributed by atoms with Crippen LogP contribution in [0.25, 0.3) is 0 Å². The minimum Gasteiger partial charge on any atom is -0.482 e. The lowest BCUT2D eigenvalue weighted by atomic mass is 9.77. The Bertz CT molecular complexity index is 888. The Kier molecular flexibility index (Phi) is 5.51. The Morgan fingerprint density at radius 2 is 1.97 bits per heavy atom. The number of aliphatic carboxylic acids is 1. The molecule has 2 heterocycles. The van der Waals surface area contributed by atoms with Gasteiger partial charge in [-0.05, 0) is 18.1 Å². The summed E-state index contributed by atoms with van der Waals surface area (Å²) >= 11 is 0. The van der Waals surface area contributed by atoms with Crippen LogP contribution in [-0.2, 0) is 26.4 Å². The second kappa shape index (κ2) is 8.23. The first kappa shape index (κ1) is 19.4. The summed E-state index contributed by atoms with van der Waals surface area (Å²) in [5.74, 6) is -0.518. The van der Waals surface area contributed by atoms with Crippen molar-refractivity contribution in [3.8, 4) is 5.75 Å². The predicted molar refractivity (Wildman–Crippen MR) is 105 cm³/mol. The van der Waals surface area contributed by atoms with E-state index in [1.54, 1.807) is 6.07 Å². The monoisotopic (exact) mass is 396 g/mol. The number of para-hydroxylation sites is 1. The molecule has 2 aromatic carbocycles. The number of ether oxygens (including phenoxy) is 2. The molecule has 0 aliphatic carbocycles. The molecule has 152 valence electrons. The summed E-state index contributed by atoms with van der Waals surface area (Å²) in [4.78, 5) is 25.2. The van der Waals surface area contributed by atoms with Crippen LogP contribution in [0.15, 0.2) is 54.6 Å². The number of nitrogens with zero attached hydrogens (tertiary/aromatic N) is 1. The highest BCUT2D eigenvalue weighted by atomic mass is 16.5. The second-order valence-electron chi connectivity index (χ2n) is 7.46. The van der Waals surface area contributed by atoms with Crippen molar-refractivity contribution in [1.29, 1.82) is 0 Å². The van der Waals surface area contributed by atoms with Gasteiger partial charge in [-0.2, -0.15) is 0 Å². The maximum absolute atomic E-state index is 12.1. The molecule has 0 radical (unpaired) electrons. The summed E-state index contributed by atoms with van der Waals surface area (Å²) in [6, 6.07) is 17.5. The first-order valence-electron chi connectivity index (χ1n) is 9.70. The summed E-state index contributed by atoms with van der Waals surface area (Å²) in [6.45, 7) is 1.73. The lowest BCUT2D eigenvalue weighted by Crippen LogP contribution is -2.66. The zero-order valence-corrected chi connectivity index (χ0v) is 16.0. The van der Waals surface area contributed by atoms with Crippen molar-refractivity contribution in [3.05, 3.63) is 65.7 Å². The summed E-state index contributed by atoms with van der Waals surface area (Å²) in [5, 5.41) is 12.1. The van der Waals surface area contributed by atoms with Gasteiger partial charge in [-0.1, -0.05) is 48.5 Å². The van der Waals surface area contributed by atoms with Gasteiger partial charge in [-0.3, -0.25) is 9.69 Å². The van der Waals surface area contributed by atoms with E-state index in [4.69, 9.17) is 14.6 Å². The molecule has 4 rings (SSSR count). The Balaban J connectivity index is 1.52. The molecule has 0 unspecified atom stereocenters. The first-order valence-corrected chi connectivity index (χ1v) is 9.70. The van der Waals surface area contributed by atoms with Gasteiger partial charge in [0.1, 0.15) is 12.4 Å². The third-order valence-corrected chi connectivity index (χ3v) is 5.58. The molecule has 7 nitrogen and oxygen atoms in total. The van der Waals surface area contributed by atoms with E-state index in [1.807, 2.05) is 48.5 Å². The summed E-state index contributed by atoms with van der Waals surface area (Å²) in [6.07, 6.45) is 0.564. The lowest BCUT2D eigenvalue weighted by molar-refractivity contribution is -0.152.